The van der Waals surface area contributed by atoms with E-state index in [1.165, 1.54) is 9.91 Å². The first-order valence-electron chi connectivity index (χ1n) is 7.75. The van der Waals surface area contributed by atoms with Crippen LogP contribution in [-0.2, 0) is 11.4 Å². The fourth-order valence-corrected chi connectivity index (χ4v) is 2.81. The number of carbonyl (C=O) groups is 2. The standard InChI is InChI=1S/C18H19N3O3/c1-19(16-10-6-5-7-14(16)13-22)18(24)21-17(23)11-12-20(21)15-8-3-2-4-9-15/h2-10,22H,11-13H2,1H3. The van der Waals surface area contributed by atoms with Crippen molar-refractivity contribution in [3.05, 3.63) is 60.2 Å². The van der Waals surface area contributed by atoms with Crippen LogP contribution in [0.2, 0.25) is 0 Å². The minimum absolute atomic E-state index is 0.176. The zero-order chi connectivity index (χ0) is 17.1. The van der Waals surface area contributed by atoms with Crippen molar-refractivity contribution in [3.8, 4) is 0 Å². The van der Waals surface area contributed by atoms with Crippen LogP contribution in [0, 0.1) is 0 Å². The number of carbonyl (C=O) groups excluding carboxylic acids is 2. The monoisotopic (exact) mass is 325 g/mol. The number of amides is 3. The van der Waals surface area contributed by atoms with E-state index >= 15 is 0 Å². The highest BCUT2D eigenvalue weighted by molar-refractivity contribution is 6.05. The van der Waals surface area contributed by atoms with E-state index in [2.05, 4.69) is 0 Å². The molecular weight excluding hydrogens is 306 g/mol. The molecule has 1 aliphatic heterocycles. The smallest absolute Gasteiger partial charge is 0.350 e. The molecule has 6 nitrogen and oxygen atoms in total. The Bertz CT molecular complexity index is 748. The number of hydrogen-bond donors (Lipinski definition) is 1. The van der Waals surface area contributed by atoms with Crippen LogP contribution in [0.15, 0.2) is 54.6 Å². The van der Waals surface area contributed by atoms with E-state index in [4.69, 9.17) is 0 Å². The zero-order valence-corrected chi connectivity index (χ0v) is 13.4. The normalized spacial score (nSPS) is 14.2. The fourth-order valence-electron chi connectivity index (χ4n) is 2.81. The van der Waals surface area contributed by atoms with Crippen LogP contribution in [0.3, 0.4) is 0 Å². The zero-order valence-electron chi connectivity index (χ0n) is 13.4. The van der Waals surface area contributed by atoms with Gasteiger partial charge in [-0.05, 0) is 18.2 Å². The van der Waals surface area contributed by atoms with Crippen molar-refractivity contribution in [2.45, 2.75) is 13.0 Å². The van der Waals surface area contributed by atoms with Crippen molar-refractivity contribution in [1.29, 1.82) is 0 Å². The van der Waals surface area contributed by atoms with Crippen molar-refractivity contribution >= 4 is 23.3 Å². The number of hydrogen-bond acceptors (Lipinski definition) is 4. The highest BCUT2D eigenvalue weighted by atomic mass is 16.3. The molecule has 2 aromatic carbocycles. The van der Waals surface area contributed by atoms with Gasteiger partial charge >= 0.3 is 6.03 Å². The Morgan fingerprint density at radius 3 is 2.50 bits per heavy atom. The summed E-state index contributed by atoms with van der Waals surface area (Å²) in [5, 5.41) is 12.3. The number of rotatable bonds is 3. The van der Waals surface area contributed by atoms with E-state index in [9.17, 15) is 14.7 Å². The molecule has 0 atom stereocenters. The van der Waals surface area contributed by atoms with Crippen LogP contribution in [0.4, 0.5) is 16.2 Å². The highest BCUT2D eigenvalue weighted by Gasteiger charge is 2.36. The minimum Gasteiger partial charge on any atom is -0.392 e. The quantitative estimate of drug-likeness (QED) is 0.941. The van der Waals surface area contributed by atoms with Gasteiger partial charge in [-0.25, -0.2) is 4.79 Å². The number of benzene rings is 2. The SMILES string of the molecule is CN(C(=O)N1C(=O)CCN1c1ccccc1)c1ccccc1CO. The summed E-state index contributed by atoms with van der Waals surface area (Å²) in [5.74, 6) is -0.239. The third kappa shape index (κ3) is 2.83. The predicted molar refractivity (Wildman–Crippen MR) is 91.4 cm³/mol. The Morgan fingerprint density at radius 2 is 1.79 bits per heavy atom. The van der Waals surface area contributed by atoms with Gasteiger partial charge in [-0.3, -0.25) is 14.7 Å². The Morgan fingerprint density at radius 1 is 1.12 bits per heavy atom. The molecule has 3 amide bonds. The number of aliphatic hydroxyl groups excluding tert-OH is 1. The van der Waals surface area contributed by atoms with E-state index in [0.29, 0.717) is 17.8 Å². The van der Waals surface area contributed by atoms with E-state index < -0.39 is 6.03 Å². The van der Waals surface area contributed by atoms with Crippen molar-refractivity contribution in [2.24, 2.45) is 0 Å². The summed E-state index contributed by atoms with van der Waals surface area (Å²) in [5.41, 5.74) is 2.00. The van der Waals surface area contributed by atoms with Gasteiger partial charge in [-0.2, -0.15) is 5.01 Å². The van der Waals surface area contributed by atoms with Gasteiger partial charge < -0.3 is 5.11 Å². The maximum atomic E-state index is 12.9. The molecule has 0 saturated carbocycles. The molecule has 1 N–H and O–H groups in total. The summed E-state index contributed by atoms with van der Waals surface area (Å²) in [6.07, 6.45) is 0.288. The van der Waals surface area contributed by atoms with E-state index in [-0.39, 0.29) is 18.9 Å². The van der Waals surface area contributed by atoms with Crippen molar-refractivity contribution in [3.63, 3.8) is 0 Å². The van der Waals surface area contributed by atoms with Gasteiger partial charge in [0.1, 0.15) is 0 Å². The number of aliphatic hydroxyl groups is 1. The van der Waals surface area contributed by atoms with Gasteiger partial charge in [-0.15, -0.1) is 0 Å². The average molecular weight is 325 g/mol. The Balaban J connectivity index is 1.91. The molecule has 2 aromatic rings. The van der Waals surface area contributed by atoms with E-state index in [0.717, 1.165) is 5.69 Å². The minimum atomic E-state index is -0.442. The van der Waals surface area contributed by atoms with Crippen LogP contribution in [-0.4, -0.2) is 35.6 Å². The topological polar surface area (TPSA) is 64.1 Å². The third-order valence-corrected chi connectivity index (χ3v) is 4.06. The summed E-state index contributed by atoms with van der Waals surface area (Å²) in [6, 6.07) is 16.0. The number of anilines is 2. The molecule has 1 aliphatic rings. The molecule has 0 unspecified atom stereocenters. The lowest BCUT2D eigenvalue weighted by Crippen LogP contribution is -2.50. The molecule has 0 aliphatic carbocycles. The number of hydrazine groups is 1. The molecule has 0 aromatic heterocycles. The largest absolute Gasteiger partial charge is 0.392 e. The highest BCUT2D eigenvalue weighted by Crippen LogP contribution is 2.26. The van der Waals surface area contributed by atoms with Gasteiger partial charge in [0.15, 0.2) is 0 Å². The maximum absolute atomic E-state index is 12.9. The summed E-state index contributed by atoms with van der Waals surface area (Å²) >= 11 is 0. The van der Waals surface area contributed by atoms with Crippen LogP contribution in [0.5, 0.6) is 0 Å². The van der Waals surface area contributed by atoms with Gasteiger partial charge in [0, 0.05) is 25.6 Å². The average Bonchev–Trinajstić information content (AvgIpc) is 3.02. The Hall–Kier alpha value is -2.86. The van der Waals surface area contributed by atoms with E-state index in [1.54, 1.807) is 36.3 Å². The first kappa shape index (κ1) is 16.0. The third-order valence-electron chi connectivity index (χ3n) is 4.06. The molecule has 0 radical (unpaired) electrons. The molecule has 124 valence electrons. The second kappa shape index (κ2) is 6.72. The number of imide groups is 1. The molecule has 1 heterocycles. The van der Waals surface area contributed by atoms with Crippen molar-refractivity contribution in [2.75, 3.05) is 23.5 Å². The maximum Gasteiger partial charge on any atom is 0.350 e. The summed E-state index contributed by atoms with van der Waals surface area (Å²) in [6.45, 7) is 0.286. The van der Waals surface area contributed by atoms with Crippen LogP contribution >= 0.6 is 0 Å². The number of urea groups is 1. The lowest BCUT2D eigenvalue weighted by Gasteiger charge is -2.31. The van der Waals surface area contributed by atoms with Gasteiger partial charge in [-0.1, -0.05) is 36.4 Å². The molecule has 6 heteroatoms. The van der Waals surface area contributed by atoms with Gasteiger partial charge in [0.25, 0.3) is 5.91 Å². The number of para-hydroxylation sites is 2. The second-order valence-electron chi connectivity index (χ2n) is 5.54. The summed E-state index contributed by atoms with van der Waals surface area (Å²) < 4.78 is 0. The van der Waals surface area contributed by atoms with Crippen molar-refractivity contribution < 1.29 is 14.7 Å². The van der Waals surface area contributed by atoms with Crippen LogP contribution in [0.1, 0.15) is 12.0 Å². The Kier molecular flexibility index (Phi) is 4.48. The summed E-state index contributed by atoms with van der Waals surface area (Å²) in [4.78, 5) is 26.6. The molecular formula is C18H19N3O3. The summed E-state index contributed by atoms with van der Waals surface area (Å²) in [7, 11) is 1.60. The van der Waals surface area contributed by atoms with Gasteiger partial charge in [0.05, 0.1) is 18.0 Å². The molecule has 0 spiro atoms. The molecule has 1 fully saturated rings. The molecule has 0 bridgehead atoms. The molecule has 24 heavy (non-hydrogen) atoms. The lowest BCUT2D eigenvalue weighted by molar-refractivity contribution is -0.125. The van der Waals surface area contributed by atoms with Crippen LogP contribution in [0.25, 0.3) is 0 Å². The van der Waals surface area contributed by atoms with Crippen LogP contribution < -0.4 is 9.91 Å². The Labute approximate surface area is 140 Å². The van der Waals surface area contributed by atoms with Gasteiger partial charge in [0.2, 0.25) is 0 Å². The molecule has 1 saturated heterocycles. The first-order chi connectivity index (χ1) is 11.6. The number of nitrogens with zero attached hydrogens (tertiary/aromatic N) is 3. The first-order valence-corrected chi connectivity index (χ1v) is 7.75. The predicted octanol–water partition coefficient (Wildman–Crippen LogP) is 2.39. The lowest BCUT2D eigenvalue weighted by atomic mass is 10.2. The van der Waals surface area contributed by atoms with E-state index in [1.807, 2.05) is 30.3 Å². The second-order valence-corrected chi connectivity index (χ2v) is 5.54. The fraction of sp³-hybridized carbons (Fsp3) is 0.222. The molecule has 3 rings (SSSR count). The van der Waals surface area contributed by atoms with Crippen molar-refractivity contribution in [1.82, 2.24) is 5.01 Å².